The predicted octanol–water partition coefficient (Wildman–Crippen LogP) is 1.23. The quantitative estimate of drug-likeness (QED) is 0.494. The SMILES string of the molecule is C=C1C(=O)[C@]23[C@H](O)[C@H]1CC[C@H]2[C@@]12CO[C@@]3(O)[C@@H](O)[C@@H]1C(C)(C)Cc1sc(NC)nc12. The number of hydrogen-bond donors (Lipinski definition) is 4. The Hall–Kier alpha value is -1.32. The minimum atomic E-state index is -2.13. The van der Waals surface area contributed by atoms with Crippen LogP contribution in [0.1, 0.15) is 37.3 Å². The zero-order chi connectivity index (χ0) is 21.4. The molecule has 0 amide bonds. The first-order valence-electron chi connectivity index (χ1n) is 10.7. The highest BCUT2D eigenvalue weighted by atomic mass is 32.1. The molecule has 1 aromatic rings. The second-order valence-corrected chi connectivity index (χ2v) is 11.6. The molecular weight excluding hydrogens is 404 g/mol. The van der Waals surface area contributed by atoms with E-state index in [1.54, 1.807) is 11.3 Å². The van der Waals surface area contributed by atoms with Gasteiger partial charge in [-0.25, -0.2) is 4.98 Å². The van der Waals surface area contributed by atoms with Crippen molar-refractivity contribution in [1.82, 2.24) is 4.98 Å². The number of carbonyl (C=O) groups excluding carboxylic acids is 1. The molecule has 0 unspecified atom stereocenters. The Morgan fingerprint density at radius 1 is 1.27 bits per heavy atom. The van der Waals surface area contributed by atoms with E-state index in [4.69, 9.17) is 9.72 Å². The Labute approximate surface area is 179 Å². The van der Waals surface area contributed by atoms with Gasteiger partial charge in [0.05, 0.1) is 18.4 Å². The van der Waals surface area contributed by atoms with Gasteiger partial charge in [-0.1, -0.05) is 20.4 Å². The molecule has 0 aromatic carbocycles. The molecule has 4 aliphatic carbocycles. The van der Waals surface area contributed by atoms with Gasteiger partial charge in [-0.2, -0.15) is 0 Å². The summed E-state index contributed by atoms with van der Waals surface area (Å²) >= 11 is 1.60. The number of ketones is 1. The van der Waals surface area contributed by atoms with Crippen molar-refractivity contribution in [2.45, 2.75) is 56.5 Å². The molecule has 7 nitrogen and oxygen atoms in total. The van der Waals surface area contributed by atoms with Crippen molar-refractivity contribution in [2.24, 2.45) is 28.6 Å². The zero-order valence-corrected chi connectivity index (χ0v) is 18.3. The van der Waals surface area contributed by atoms with E-state index in [1.165, 1.54) is 0 Å². The number of thiazole rings is 1. The van der Waals surface area contributed by atoms with Crippen LogP contribution in [0.3, 0.4) is 0 Å². The molecule has 8 atom stereocenters. The summed E-state index contributed by atoms with van der Waals surface area (Å²) in [6.45, 7) is 8.36. The van der Waals surface area contributed by atoms with E-state index >= 15 is 0 Å². The first-order valence-corrected chi connectivity index (χ1v) is 11.5. The molecule has 3 heterocycles. The maximum atomic E-state index is 13.7. The van der Waals surface area contributed by atoms with Crippen LogP contribution in [0.15, 0.2) is 12.2 Å². The van der Waals surface area contributed by atoms with Crippen molar-refractivity contribution in [3.63, 3.8) is 0 Å². The summed E-state index contributed by atoms with van der Waals surface area (Å²) in [5.41, 5.74) is -1.49. The first kappa shape index (κ1) is 19.4. The number of anilines is 1. The number of aliphatic hydroxyl groups excluding tert-OH is 2. The number of Topliss-reactive ketones (excluding diaryl/α,β-unsaturated/α-hetero) is 1. The second kappa shape index (κ2) is 5.35. The van der Waals surface area contributed by atoms with Crippen LogP contribution in [0, 0.1) is 28.6 Å². The average molecular weight is 433 g/mol. The lowest BCUT2D eigenvalue weighted by Crippen LogP contribution is -2.85. The molecule has 4 bridgehead atoms. The van der Waals surface area contributed by atoms with Gasteiger partial charge in [-0.3, -0.25) is 4.79 Å². The number of aromatic nitrogens is 1. The van der Waals surface area contributed by atoms with E-state index in [1.807, 2.05) is 7.05 Å². The monoisotopic (exact) mass is 432 g/mol. The smallest absolute Gasteiger partial charge is 0.208 e. The fourth-order valence-corrected chi connectivity index (χ4v) is 9.45. The van der Waals surface area contributed by atoms with E-state index in [0.29, 0.717) is 18.4 Å². The van der Waals surface area contributed by atoms with Crippen LogP contribution in [0.4, 0.5) is 5.13 Å². The highest BCUT2D eigenvalue weighted by Gasteiger charge is 2.86. The summed E-state index contributed by atoms with van der Waals surface area (Å²) in [5.74, 6) is -3.60. The Balaban J connectivity index is 1.70. The molecule has 7 rings (SSSR count). The summed E-state index contributed by atoms with van der Waals surface area (Å²) in [5, 5.41) is 38.8. The lowest BCUT2D eigenvalue weighted by molar-refractivity contribution is -0.429. The fraction of sp³-hybridized carbons (Fsp3) is 0.727. The number of aliphatic hydroxyl groups is 3. The number of hydrogen-bond acceptors (Lipinski definition) is 8. The van der Waals surface area contributed by atoms with Crippen molar-refractivity contribution in [2.75, 3.05) is 19.0 Å². The van der Waals surface area contributed by atoms with Gasteiger partial charge in [0.25, 0.3) is 0 Å². The summed E-state index contributed by atoms with van der Waals surface area (Å²) < 4.78 is 6.04. The maximum absolute atomic E-state index is 13.7. The molecular formula is C22H28N2O5S. The highest BCUT2D eigenvalue weighted by molar-refractivity contribution is 7.15. The third kappa shape index (κ3) is 1.67. The molecule has 2 spiro atoms. The molecule has 2 aliphatic heterocycles. The van der Waals surface area contributed by atoms with Crippen LogP contribution in [0.25, 0.3) is 0 Å². The van der Waals surface area contributed by atoms with E-state index in [-0.39, 0.29) is 29.6 Å². The molecule has 3 saturated carbocycles. The normalized spacial score (nSPS) is 50.1. The third-order valence-corrected chi connectivity index (χ3v) is 10.2. The molecule has 162 valence electrons. The molecule has 0 radical (unpaired) electrons. The number of nitrogens with one attached hydrogen (secondary N) is 1. The third-order valence-electron chi connectivity index (χ3n) is 9.11. The number of fused-ring (bicyclic) bond motifs is 3. The first-order chi connectivity index (χ1) is 14.1. The van der Waals surface area contributed by atoms with Crippen LogP contribution in [-0.4, -0.2) is 57.7 Å². The van der Waals surface area contributed by atoms with Gasteiger partial charge in [-0.05, 0) is 36.2 Å². The van der Waals surface area contributed by atoms with Crippen molar-refractivity contribution in [1.29, 1.82) is 0 Å². The van der Waals surface area contributed by atoms with Gasteiger partial charge < -0.3 is 25.4 Å². The van der Waals surface area contributed by atoms with E-state index in [2.05, 4.69) is 25.7 Å². The predicted molar refractivity (Wildman–Crippen MR) is 110 cm³/mol. The largest absolute Gasteiger partial charge is 0.391 e. The number of ether oxygens (including phenoxy) is 1. The lowest BCUT2D eigenvalue weighted by atomic mass is 9.36. The molecule has 5 fully saturated rings. The van der Waals surface area contributed by atoms with E-state index in [0.717, 1.165) is 22.1 Å². The van der Waals surface area contributed by atoms with Gasteiger partial charge in [-0.15, -0.1) is 11.3 Å². The average Bonchev–Trinajstić information content (AvgIpc) is 3.14. The van der Waals surface area contributed by atoms with Gasteiger partial charge in [0.1, 0.15) is 11.5 Å². The Kier molecular flexibility index (Phi) is 3.46. The maximum Gasteiger partial charge on any atom is 0.208 e. The summed E-state index contributed by atoms with van der Waals surface area (Å²) in [7, 11) is 1.83. The Bertz CT molecular complexity index is 1010. The molecule has 30 heavy (non-hydrogen) atoms. The van der Waals surface area contributed by atoms with Gasteiger partial charge in [0, 0.05) is 29.2 Å². The van der Waals surface area contributed by atoms with E-state index in [9.17, 15) is 20.1 Å². The van der Waals surface area contributed by atoms with Crippen molar-refractivity contribution in [3.8, 4) is 0 Å². The van der Waals surface area contributed by atoms with Crippen LogP contribution >= 0.6 is 11.3 Å². The standard InChI is InChI=1S/C22H28N2O5S/c1-9-10-5-6-12-20-8-29-22(28,21(12,15(9)25)16(10)26)17(27)13(20)19(2,3)7-11-14(20)24-18(23-4)30-11/h10,12-13,16-17,26-28H,1,5-8H2,2-4H3,(H,23,24)/t10-,12-,13+,16+,17-,20-,21-,22-/m0/s1. The molecule has 6 aliphatic rings. The van der Waals surface area contributed by atoms with Gasteiger partial charge in [0.2, 0.25) is 5.79 Å². The molecule has 8 heteroatoms. The molecule has 2 saturated heterocycles. The summed E-state index contributed by atoms with van der Waals surface area (Å²) in [6, 6.07) is 0. The lowest BCUT2D eigenvalue weighted by Gasteiger charge is -2.73. The van der Waals surface area contributed by atoms with Crippen LogP contribution in [0.5, 0.6) is 0 Å². The molecule has 1 aromatic heterocycles. The Morgan fingerprint density at radius 3 is 2.70 bits per heavy atom. The van der Waals surface area contributed by atoms with Crippen molar-refractivity contribution in [3.05, 3.63) is 22.7 Å². The molecule has 4 N–H and O–H groups in total. The van der Waals surface area contributed by atoms with E-state index < -0.39 is 34.7 Å². The number of carbonyl (C=O) groups is 1. The van der Waals surface area contributed by atoms with Crippen LogP contribution < -0.4 is 5.32 Å². The summed E-state index contributed by atoms with van der Waals surface area (Å²) in [4.78, 5) is 19.7. The van der Waals surface area contributed by atoms with Gasteiger partial charge in [0.15, 0.2) is 10.9 Å². The van der Waals surface area contributed by atoms with Crippen molar-refractivity contribution < 1.29 is 24.9 Å². The van der Waals surface area contributed by atoms with Gasteiger partial charge >= 0.3 is 0 Å². The topological polar surface area (TPSA) is 112 Å². The fourth-order valence-electron chi connectivity index (χ4n) is 8.20. The van der Waals surface area contributed by atoms with Crippen LogP contribution in [0.2, 0.25) is 0 Å². The Morgan fingerprint density at radius 2 is 2.00 bits per heavy atom. The van der Waals surface area contributed by atoms with Crippen LogP contribution in [-0.2, 0) is 21.4 Å². The second-order valence-electron chi connectivity index (χ2n) is 10.6. The minimum Gasteiger partial charge on any atom is -0.391 e. The minimum absolute atomic E-state index is 0.179. The number of rotatable bonds is 1. The zero-order valence-electron chi connectivity index (χ0n) is 17.4. The summed E-state index contributed by atoms with van der Waals surface area (Å²) in [6.07, 6.45) is -0.410. The number of nitrogens with zero attached hydrogens (tertiary/aromatic N) is 1. The van der Waals surface area contributed by atoms with Crippen molar-refractivity contribution >= 4 is 22.3 Å². The highest BCUT2D eigenvalue weighted by Crippen LogP contribution is 2.75.